The number of para-hydroxylation sites is 1. The zero-order valence-electron chi connectivity index (χ0n) is 12.3. The summed E-state index contributed by atoms with van der Waals surface area (Å²) in [6.07, 6.45) is 6.71. The number of hydrogen-bond acceptors (Lipinski definition) is 3. The largest absolute Gasteiger partial charge is 0.433 e. The summed E-state index contributed by atoms with van der Waals surface area (Å²) in [5.41, 5.74) is 0. The van der Waals surface area contributed by atoms with Crippen molar-refractivity contribution in [3.8, 4) is 5.75 Å². The Morgan fingerprint density at radius 3 is 2.59 bits per heavy atom. The van der Waals surface area contributed by atoms with Gasteiger partial charge >= 0.3 is 6.61 Å². The highest BCUT2D eigenvalue weighted by Gasteiger charge is 2.21. The maximum atomic E-state index is 12.3. The van der Waals surface area contributed by atoms with E-state index in [-0.39, 0.29) is 10.6 Å². The maximum Gasteiger partial charge on any atom is 0.387 e. The zero-order chi connectivity index (χ0) is 16.0. The van der Waals surface area contributed by atoms with Crippen LogP contribution in [0.25, 0.3) is 0 Å². The summed E-state index contributed by atoms with van der Waals surface area (Å²) in [6.45, 7) is -2.75. The molecule has 0 spiro atoms. The van der Waals surface area contributed by atoms with Gasteiger partial charge in [-0.25, -0.2) is 13.1 Å². The van der Waals surface area contributed by atoms with Crippen molar-refractivity contribution in [2.24, 2.45) is 5.92 Å². The first-order valence-corrected chi connectivity index (χ1v) is 9.01. The van der Waals surface area contributed by atoms with Gasteiger partial charge in [-0.2, -0.15) is 8.78 Å². The molecule has 0 saturated heterocycles. The van der Waals surface area contributed by atoms with E-state index in [9.17, 15) is 17.2 Å². The minimum atomic E-state index is -3.84. The zero-order valence-corrected chi connectivity index (χ0v) is 13.1. The summed E-state index contributed by atoms with van der Waals surface area (Å²) >= 11 is 0. The van der Waals surface area contributed by atoms with E-state index in [1.54, 1.807) is 0 Å². The molecule has 4 nitrogen and oxygen atoms in total. The lowest BCUT2D eigenvalue weighted by Gasteiger charge is -2.13. The third-order valence-electron chi connectivity index (χ3n) is 3.91. The van der Waals surface area contributed by atoms with Gasteiger partial charge in [-0.05, 0) is 30.9 Å². The van der Waals surface area contributed by atoms with Gasteiger partial charge in [0.25, 0.3) is 0 Å². The van der Waals surface area contributed by atoms with Crippen LogP contribution >= 0.6 is 0 Å². The molecular formula is C15H21F2NO3S. The van der Waals surface area contributed by atoms with Crippen molar-refractivity contribution >= 4 is 10.0 Å². The van der Waals surface area contributed by atoms with Crippen molar-refractivity contribution in [2.45, 2.75) is 50.0 Å². The van der Waals surface area contributed by atoms with E-state index in [0.29, 0.717) is 12.5 Å². The molecule has 1 aromatic carbocycles. The molecule has 0 aliphatic heterocycles. The van der Waals surface area contributed by atoms with Crippen molar-refractivity contribution in [1.29, 1.82) is 0 Å². The molecule has 0 bridgehead atoms. The third-order valence-corrected chi connectivity index (χ3v) is 5.41. The second-order valence-electron chi connectivity index (χ2n) is 5.52. The Morgan fingerprint density at radius 2 is 1.91 bits per heavy atom. The summed E-state index contributed by atoms with van der Waals surface area (Å²) in [5, 5.41) is 0. The van der Waals surface area contributed by atoms with Crippen LogP contribution in [0, 0.1) is 5.92 Å². The van der Waals surface area contributed by atoms with Crippen LogP contribution in [0.15, 0.2) is 29.2 Å². The number of halogens is 2. The lowest BCUT2D eigenvalue weighted by molar-refractivity contribution is -0.0517. The van der Waals surface area contributed by atoms with Crippen molar-refractivity contribution in [2.75, 3.05) is 6.54 Å². The highest BCUT2D eigenvalue weighted by molar-refractivity contribution is 7.89. The van der Waals surface area contributed by atoms with Gasteiger partial charge in [-0.1, -0.05) is 37.8 Å². The molecule has 1 saturated carbocycles. The summed E-state index contributed by atoms with van der Waals surface area (Å²) in [6, 6.07) is 5.42. The van der Waals surface area contributed by atoms with Gasteiger partial charge in [0.2, 0.25) is 10.0 Å². The molecule has 0 heterocycles. The topological polar surface area (TPSA) is 55.4 Å². The second kappa shape index (κ2) is 7.87. The number of rotatable bonds is 8. The average molecular weight is 333 g/mol. The van der Waals surface area contributed by atoms with E-state index < -0.39 is 16.6 Å². The first kappa shape index (κ1) is 17.1. The molecule has 0 unspecified atom stereocenters. The monoisotopic (exact) mass is 333 g/mol. The van der Waals surface area contributed by atoms with Crippen LogP contribution in [0.4, 0.5) is 8.78 Å². The van der Waals surface area contributed by atoms with Crippen LogP contribution in [-0.2, 0) is 10.0 Å². The minimum Gasteiger partial charge on any atom is -0.433 e. The molecule has 1 N–H and O–H groups in total. The fraction of sp³-hybridized carbons (Fsp3) is 0.600. The maximum absolute atomic E-state index is 12.3. The Kier molecular flexibility index (Phi) is 6.14. The van der Waals surface area contributed by atoms with Gasteiger partial charge in [0, 0.05) is 6.54 Å². The minimum absolute atomic E-state index is 0.254. The number of hydrogen-bond donors (Lipinski definition) is 1. The number of alkyl halides is 2. The first-order valence-electron chi connectivity index (χ1n) is 7.52. The third kappa shape index (κ3) is 4.91. The molecular weight excluding hydrogens is 312 g/mol. The fourth-order valence-corrected chi connectivity index (χ4v) is 4.05. The molecule has 22 heavy (non-hydrogen) atoms. The van der Waals surface area contributed by atoms with Gasteiger partial charge in [0.15, 0.2) is 0 Å². The molecule has 0 atom stereocenters. The lowest BCUT2D eigenvalue weighted by Crippen LogP contribution is -2.26. The van der Waals surface area contributed by atoms with Gasteiger partial charge in [-0.15, -0.1) is 0 Å². The highest BCUT2D eigenvalue weighted by atomic mass is 32.2. The van der Waals surface area contributed by atoms with Crippen LogP contribution in [0.1, 0.15) is 38.5 Å². The molecule has 1 aromatic rings. The molecule has 1 aliphatic rings. The quantitative estimate of drug-likeness (QED) is 0.740. The van der Waals surface area contributed by atoms with E-state index in [4.69, 9.17) is 0 Å². The molecule has 1 aliphatic carbocycles. The van der Waals surface area contributed by atoms with E-state index in [2.05, 4.69) is 9.46 Å². The molecule has 0 amide bonds. The van der Waals surface area contributed by atoms with E-state index in [0.717, 1.165) is 12.8 Å². The molecule has 0 radical (unpaired) electrons. The van der Waals surface area contributed by atoms with Crippen molar-refractivity contribution < 1.29 is 21.9 Å². The second-order valence-corrected chi connectivity index (χ2v) is 7.25. The highest BCUT2D eigenvalue weighted by Crippen LogP contribution is 2.28. The predicted octanol–water partition coefficient (Wildman–Crippen LogP) is 3.54. The smallest absolute Gasteiger partial charge is 0.387 e. The van der Waals surface area contributed by atoms with Crippen molar-refractivity contribution in [1.82, 2.24) is 4.72 Å². The van der Waals surface area contributed by atoms with Crippen LogP contribution in [0.3, 0.4) is 0 Å². The van der Waals surface area contributed by atoms with Crippen molar-refractivity contribution in [3.05, 3.63) is 24.3 Å². The molecule has 0 aromatic heterocycles. The first-order chi connectivity index (χ1) is 10.5. The van der Waals surface area contributed by atoms with E-state index in [1.165, 1.54) is 49.9 Å². The summed E-state index contributed by atoms with van der Waals surface area (Å²) in [5.74, 6) is 0.361. The lowest BCUT2D eigenvalue weighted by atomic mass is 10.0. The van der Waals surface area contributed by atoms with Crippen molar-refractivity contribution in [3.63, 3.8) is 0 Å². The van der Waals surface area contributed by atoms with Gasteiger partial charge in [0.05, 0.1) is 0 Å². The standard InChI is InChI=1S/C15H21F2NO3S/c16-15(17)21-13-9-3-4-10-14(13)22(19,20)18-11-5-8-12-6-1-2-7-12/h3-4,9-10,12,15,18H,1-2,5-8,11H2. The number of sulfonamides is 1. The Balaban J connectivity index is 1.91. The summed E-state index contributed by atoms with van der Waals surface area (Å²) in [4.78, 5) is -0.254. The Labute approximate surface area is 129 Å². The number of ether oxygens (including phenoxy) is 1. The van der Waals surface area contributed by atoms with Crippen LogP contribution in [0.2, 0.25) is 0 Å². The van der Waals surface area contributed by atoms with Gasteiger partial charge < -0.3 is 4.74 Å². The molecule has 124 valence electrons. The molecule has 2 rings (SSSR count). The number of benzene rings is 1. The fourth-order valence-electron chi connectivity index (χ4n) is 2.84. The Hall–Kier alpha value is -1.21. The van der Waals surface area contributed by atoms with Crippen LogP contribution in [-0.4, -0.2) is 21.6 Å². The molecule has 1 fully saturated rings. The van der Waals surface area contributed by atoms with Crippen LogP contribution in [0.5, 0.6) is 5.75 Å². The molecule has 7 heteroatoms. The van der Waals surface area contributed by atoms with Gasteiger partial charge in [-0.3, -0.25) is 0 Å². The predicted molar refractivity (Wildman–Crippen MR) is 79.5 cm³/mol. The summed E-state index contributed by atoms with van der Waals surface area (Å²) in [7, 11) is -3.84. The van der Waals surface area contributed by atoms with Crippen LogP contribution < -0.4 is 9.46 Å². The van der Waals surface area contributed by atoms with E-state index in [1.807, 2.05) is 0 Å². The Morgan fingerprint density at radius 1 is 1.23 bits per heavy atom. The normalized spacial score (nSPS) is 16.3. The summed E-state index contributed by atoms with van der Waals surface area (Å²) < 4.78 is 55.8. The van der Waals surface area contributed by atoms with E-state index >= 15 is 0 Å². The number of nitrogens with one attached hydrogen (secondary N) is 1. The van der Waals surface area contributed by atoms with Gasteiger partial charge in [0.1, 0.15) is 10.6 Å². The average Bonchev–Trinajstić information content (AvgIpc) is 2.97. The SMILES string of the molecule is O=S(=O)(NCCCC1CCCC1)c1ccccc1OC(F)F. The Bertz CT molecular complexity index is 572.